The van der Waals surface area contributed by atoms with Crippen LogP contribution in [0.2, 0.25) is 0 Å². The third-order valence-corrected chi connectivity index (χ3v) is 3.73. The minimum Gasteiger partial charge on any atom is -0.486 e. The van der Waals surface area contributed by atoms with E-state index in [4.69, 9.17) is 9.47 Å². The Morgan fingerprint density at radius 3 is 2.52 bits per heavy atom. The number of nitrogens with one attached hydrogen (secondary N) is 1. The van der Waals surface area contributed by atoms with E-state index in [1.807, 2.05) is 0 Å². The highest BCUT2D eigenvalue weighted by atomic mass is 19.4. The van der Waals surface area contributed by atoms with E-state index in [1.54, 1.807) is 25.1 Å². The number of amides is 1. The molecule has 1 aliphatic heterocycles. The predicted octanol–water partition coefficient (Wildman–Crippen LogP) is 3.36. The molecule has 1 aromatic heterocycles. The van der Waals surface area contributed by atoms with Crippen molar-refractivity contribution in [1.29, 1.82) is 0 Å². The number of halogens is 3. The van der Waals surface area contributed by atoms with Gasteiger partial charge in [0.25, 0.3) is 5.91 Å². The average Bonchev–Trinajstić information content (AvgIpc) is 2.60. The number of hydrogen-bond acceptors (Lipinski definition) is 4. The van der Waals surface area contributed by atoms with E-state index in [0.717, 1.165) is 23.9 Å². The second kappa shape index (κ2) is 6.62. The first kappa shape index (κ1) is 17.1. The molecule has 1 aliphatic rings. The first-order valence-corrected chi connectivity index (χ1v) is 7.58. The van der Waals surface area contributed by atoms with E-state index in [2.05, 4.69) is 10.3 Å². The molecule has 2 heterocycles. The van der Waals surface area contributed by atoms with Crippen LogP contribution in [0, 0.1) is 0 Å². The molecule has 8 heteroatoms. The zero-order valence-electron chi connectivity index (χ0n) is 13.3. The summed E-state index contributed by atoms with van der Waals surface area (Å²) in [5.74, 6) is 0.727. The first-order valence-electron chi connectivity index (χ1n) is 7.58. The average molecular weight is 352 g/mol. The van der Waals surface area contributed by atoms with Gasteiger partial charge >= 0.3 is 6.18 Å². The van der Waals surface area contributed by atoms with Crippen LogP contribution in [0.5, 0.6) is 11.5 Å². The number of pyridine rings is 1. The number of nitrogens with zero attached hydrogens (tertiary/aromatic N) is 1. The molecule has 2 aromatic rings. The van der Waals surface area contributed by atoms with E-state index in [0.29, 0.717) is 24.7 Å². The highest BCUT2D eigenvalue weighted by molar-refractivity contribution is 5.94. The second-order valence-electron chi connectivity index (χ2n) is 5.53. The Balaban J connectivity index is 1.70. The molecule has 0 bridgehead atoms. The summed E-state index contributed by atoms with van der Waals surface area (Å²) >= 11 is 0. The molecule has 3 rings (SSSR count). The zero-order valence-corrected chi connectivity index (χ0v) is 13.3. The van der Waals surface area contributed by atoms with Gasteiger partial charge in [-0.2, -0.15) is 13.2 Å². The quantitative estimate of drug-likeness (QED) is 0.920. The van der Waals surface area contributed by atoms with Crippen LogP contribution in [0.1, 0.15) is 34.6 Å². The molecule has 0 aliphatic carbocycles. The fourth-order valence-electron chi connectivity index (χ4n) is 2.39. The number of carbonyl (C=O) groups excluding carboxylic acids is 1. The molecule has 1 amide bonds. The van der Waals surface area contributed by atoms with E-state index in [9.17, 15) is 18.0 Å². The number of benzene rings is 1. The van der Waals surface area contributed by atoms with Crippen molar-refractivity contribution in [2.24, 2.45) is 0 Å². The maximum atomic E-state index is 12.5. The molecule has 0 unspecified atom stereocenters. The van der Waals surface area contributed by atoms with Crippen molar-refractivity contribution >= 4 is 5.91 Å². The summed E-state index contributed by atoms with van der Waals surface area (Å²) in [4.78, 5) is 15.5. The lowest BCUT2D eigenvalue weighted by atomic mass is 10.1. The van der Waals surface area contributed by atoms with Crippen LogP contribution in [0.4, 0.5) is 13.2 Å². The SMILES string of the molecule is C[C@@H](NC(=O)c1ccc(C(F)(F)F)nc1)c1ccc2c(c1)OCCO2. The largest absolute Gasteiger partial charge is 0.486 e. The minimum absolute atomic E-state index is 0.0531. The molecule has 0 saturated carbocycles. The Morgan fingerprint density at radius 2 is 1.88 bits per heavy atom. The molecule has 1 atom stereocenters. The molecular formula is C17H15F3N2O3. The van der Waals surface area contributed by atoms with Crippen LogP contribution < -0.4 is 14.8 Å². The Hall–Kier alpha value is -2.77. The number of fused-ring (bicyclic) bond motifs is 1. The molecule has 132 valence electrons. The normalized spacial score (nSPS) is 14.7. The third kappa shape index (κ3) is 3.84. The van der Waals surface area contributed by atoms with Gasteiger partial charge in [-0.1, -0.05) is 6.07 Å². The molecule has 0 spiro atoms. The Labute approximate surface area is 141 Å². The van der Waals surface area contributed by atoms with Crippen LogP contribution in [0.25, 0.3) is 0 Å². The molecule has 0 saturated heterocycles. The lowest BCUT2D eigenvalue weighted by molar-refractivity contribution is -0.141. The molecule has 0 fully saturated rings. The maximum absolute atomic E-state index is 12.5. The van der Waals surface area contributed by atoms with Gasteiger partial charge < -0.3 is 14.8 Å². The van der Waals surface area contributed by atoms with Crippen LogP contribution in [0.15, 0.2) is 36.5 Å². The van der Waals surface area contributed by atoms with Gasteiger partial charge in [-0.15, -0.1) is 0 Å². The Morgan fingerprint density at radius 1 is 1.16 bits per heavy atom. The van der Waals surface area contributed by atoms with Crippen molar-refractivity contribution in [2.75, 3.05) is 13.2 Å². The molecule has 1 aromatic carbocycles. The van der Waals surface area contributed by atoms with Crippen molar-refractivity contribution in [2.45, 2.75) is 19.1 Å². The van der Waals surface area contributed by atoms with E-state index in [-0.39, 0.29) is 11.6 Å². The van der Waals surface area contributed by atoms with Crippen LogP contribution >= 0.6 is 0 Å². The van der Waals surface area contributed by atoms with Crippen molar-refractivity contribution in [3.05, 3.63) is 53.3 Å². The highest BCUT2D eigenvalue weighted by Gasteiger charge is 2.32. The number of ether oxygens (including phenoxy) is 2. The van der Waals surface area contributed by atoms with E-state index < -0.39 is 17.8 Å². The van der Waals surface area contributed by atoms with Gasteiger partial charge in [0.05, 0.1) is 11.6 Å². The summed E-state index contributed by atoms with van der Waals surface area (Å²) in [6.07, 6.45) is -3.62. The van der Waals surface area contributed by atoms with Crippen LogP contribution in [-0.2, 0) is 6.18 Å². The first-order chi connectivity index (χ1) is 11.8. The summed E-state index contributed by atoms with van der Waals surface area (Å²) in [6.45, 7) is 2.70. The second-order valence-corrected chi connectivity index (χ2v) is 5.53. The van der Waals surface area contributed by atoms with Gasteiger partial charge in [0.2, 0.25) is 0 Å². The van der Waals surface area contributed by atoms with E-state index in [1.165, 1.54) is 0 Å². The van der Waals surface area contributed by atoms with Crippen molar-refractivity contribution in [3.8, 4) is 11.5 Å². The maximum Gasteiger partial charge on any atom is 0.433 e. The standard InChI is InChI=1S/C17H15F3N2O3/c1-10(11-2-4-13-14(8-11)25-7-6-24-13)22-16(23)12-3-5-15(21-9-12)17(18,19)20/h2-5,8-10H,6-7H2,1H3,(H,22,23)/t10-/m1/s1. The summed E-state index contributed by atoms with van der Waals surface area (Å²) in [5.41, 5.74) is -0.196. The van der Waals surface area contributed by atoms with Gasteiger partial charge in [-0.05, 0) is 36.8 Å². The van der Waals surface area contributed by atoms with Crippen molar-refractivity contribution < 1.29 is 27.4 Å². The molecule has 5 nitrogen and oxygen atoms in total. The fraction of sp³-hybridized carbons (Fsp3) is 0.294. The zero-order chi connectivity index (χ0) is 18.0. The lowest BCUT2D eigenvalue weighted by Crippen LogP contribution is -2.27. The summed E-state index contributed by atoms with van der Waals surface area (Å²) < 4.78 is 48.4. The van der Waals surface area contributed by atoms with Crippen molar-refractivity contribution in [3.63, 3.8) is 0 Å². The summed E-state index contributed by atoms with van der Waals surface area (Å²) in [5, 5.41) is 2.72. The lowest BCUT2D eigenvalue weighted by Gasteiger charge is -2.21. The fourth-order valence-corrected chi connectivity index (χ4v) is 2.39. The topological polar surface area (TPSA) is 60.5 Å². The predicted molar refractivity (Wildman–Crippen MR) is 82.6 cm³/mol. The molecule has 0 radical (unpaired) electrons. The smallest absolute Gasteiger partial charge is 0.433 e. The number of hydrogen-bond donors (Lipinski definition) is 1. The third-order valence-electron chi connectivity index (χ3n) is 3.73. The van der Waals surface area contributed by atoms with Gasteiger partial charge in [0, 0.05) is 6.20 Å². The molecular weight excluding hydrogens is 337 g/mol. The Bertz CT molecular complexity index is 776. The number of aromatic nitrogens is 1. The number of carbonyl (C=O) groups is 1. The molecule has 25 heavy (non-hydrogen) atoms. The molecule has 1 N–H and O–H groups in total. The summed E-state index contributed by atoms with van der Waals surface area (Å²) in [7, 11) is 0. The summed E-state index contributed by atoms with van der Waals surface area (Å²) in [6, 6.07) is 6.83. The van der Waals surface area contributed by atoms with Crippen molar-refractivity contribution in [1.82, 2.24) is 10.3 Å². The van der Waals surface area contributed by atoms with E-state index >= 15 is 0 Å². The van der Waals surface area contributed by atoms with Crippen LogP contribution in [-0.4, -0.2) is 24.1 Å². The Kier molecular flexibility index (Phi) is 4.52. The van der Waals surface area contributed by atoms with Gasteiger partial charge in [-0.25, -0.2) is 0 Å². The van der Waals surface area contributed by atoms with Gasteiger partial charge in [-0.3, -0.25) is 9.78 Å². The highest BCUT2D eigenvalue weighted by Crippen LogP contribution is 2.32. The van der Waals surface area contributed by atoms with Crippen LogP contribution in [0.3, 0.4) is 0 Å². The monoisotopic (exact) mass is 352 g/mol. The number of rotatable bonds is 3. The van der Waals surface area contributed by atoms with Gasteiger partial charge in [0.15, 0.2) is 11.5 Å². The van der Waals surface area contributed by atoms with Gasteiger partial charge in [0.1, 0.15) is 18.9 Å². The number of alkyl halides is 3. The minimum atomic E-state index is -4.53.